The molecule has 0 bridgehead atoms. The van der Waals surface area contributed by atoms with Gasteiger partial charge in [0.25, 0.3) is 0 Å². The lowest BCUT2D eigenvalue weighted by molar-refractivity contribution is -0.116. The van der Waals surface area contributed by atoms with Crippen LogP contribution in [0.4, 0.5) is 5.69 Å². The average molecular weight is 311 g/mol. The zero-order chi connectivity index (χ0) is 16.8. The maximum absolute atomic E-state index is 12.3. The third-order valence-electron chi connectivity index (χ3n) is 3.65. The van der Waals surface area contributed by atoms with Crippen LogP contribution in [0.1, 0.15) is 34.3 Å². The Hall–Kier alpha value is -2.62. The van der Waals surface area contributed by atoms with E-state index < -0.39 is 0 Å². The van der Waals surface area contributed by atoms with Gasteiger partial charge in [-0.1, -0.05) is 29.8 Å². The number of para-hydroxylation sites is 2. The number of benzene rings is 2. The fourth-order valence-corrected chi connectivity index (χ4v) is 2.36. The smallest absolute Gasteiger partial charge is 0.224 e. The number of aryl methyl sites for hydroxylation is 2. The summed E-state index contributed by atoms with van der Waals surface area (Å²) in [5, 5.41) is 2.78. The van der Waals surface area contributed by atoms with Crippen molar-refractivity contribution in [2.75, 3.05) is 12.4 Å². The highest BCUT2D eigenvalue weighted by atomic mass is 16.5. The van der Waals surface area contributed by atoms with Crippen LogP contribution < -0.4 is 10.1 Å². The number of carbonyl (C=O) groups excluding carboxylic acids is 2. The lowest BCUT2D eigenvalue weighted by atomic mass is 9.99. The summed E-state index contributed by atoms with van der Waals surface area (Å²) in [6.45, 7) is 3.85. The van der Waals surface area contributed by atoms with Crippen molar-refractivity contribution in [1.82, 2.24) is 0 Å². The summed E-state index contributed by atoms with van der Waals surface area (Å²) in [7, 11) is 1.55. The first-order chi connectivity index (χ1) is 11.0. The van der Waals surface area contributed by atoms with Crippen molar-refractivity contribution in [1.29, 1.82) is 0 Å². The molecule has 0 heterocycles. The summed E-state index contributed by atoms with van der Waals surface area (Å²) in [6.07, 6.45) is 0.329. The van der Waals surface area contributed by atoms with Gasteiger partial charge in [0.05, 0.1) is 12.8 Å². The van der Waals surface area contributed by atoms with Crippen molar-refractivity contribution in [3.05, 3.63) is 59.2 Å². The number of anilines is 1. The summed E-state index contributed by atoms with van der Waals surface area (Å²) < 4.78 is 5.19. The fraction of sp³-hybridized carbons (Fsp3) is 0.263. The van der Waals surface area contributed by atoms with Gasteiger partial charge in [0.1, 0.15) is 5.75 Å². The molecule has 2 rings (SSSR count). The van der Waals surface area contributed by atoms with Crippen LogP contribution in [0.15, 0.2) is 42.5 Å². The molecule has 0 saturated heterocycles. The number of ether oxygens (including phenoxy) is 1. The number of hydrogen-bond donors (Lipinski definition) is 1. The molecule has 1 N–H and O–H groups in total. The van der Waals surface area contributed by atoms with E-state index in [4.69, 9.17) is 4.74 Å². The molecule has 4 heteroatoms. The third kappa shape index (κ3) is 4.42. The Morgan fingerprint density at radius 1 is 1.04 bits per heavy atom. The Bertz CT molecular complexity index is 722. The lowest BCUT2D eigenvalue weighted by Crippen LogP contribution is -2.14. The molecule has 0 atom stereocenters. The van der Waals surface area contributed by atoms with Gasteiger partial charge < -0.3 is 10.1 Å². The Kier molecular flexibility index (Phi) is 5.52. The number of rotatable bonds is 6. The highest BCUT2D eigenvalue weighted by molar-refractivity contribution is 6.01. The molecule has 0 radical (unpaired) electrons. The Morgan fingerprint density at radius 2 is 1.78 bits per heavy atom. The van der Waals surface area contributed by atoms with Crippen LogP contribution in [0.2, 0.25) is 0 Å². The van der Waals surface area contributed by atoms with Crippen LogP contribution in [0.5, 0.6) is 5.75 Å². The van der Waals surface area contributed by atoms with Crippen LogP contribution in [0, 0.1) is 13.8 Å². The minimum Gasteiger partial charge on any atom is -0.495 e. The highest BCUT2D eigenvalue weighted by Crippen LogP contribution is 2.23. The minimum atomic E-state index is -0.201. The molecule has 120 valence electrons. The first-order valence-electron chi connectivity index (χ1n) is 7.54. The van der Waals surface area contributed by atoms with Crippen LogP contribution in [0.3, 0.4) is 0 Å². The van der Waals surface area contributed by atoms with E-state index in [9.17, 15) is 9.59 Å². The predicted molar refractivity (Wildman–Crippen MR) is 91.1 cm³/mol. The molecule has 0 aliphatic rings. The summed E-state index contributed by atoms with van der Waals surface area (Å²) in [5.74, 6) is 0.385. The van der Waals surface area contributed by atoms with E-state index in [-0.39, 0.29) is 24.5 Å². The lowest BCUT2D eigenvalue weighted by Gasteiger charge is -2.10. The van der Waals surface area contributed by atoms with Crippen molar-refractivity contribution >= 4 is 17.4 Å². The number of methoxy groups -OCH3 is 1. The molecule has 0 aliphatic carbocycles. The molecule has 0 unspecified atom stereocenters. The average Bonchev–Trinajstić information content (AvgIpc) is 2.55. The van der Waals surface area contributed by atoms with Gasteiger partial charge in [-0.15, -0.1) is 0 Å². The van der Waals surface area contributed by atoms with Gasteiger partial charge in [-0.3, -0.25) is 9.59 Å². The van der Waals surface area contributed by atoms with E-state index in [1.165, 1.54) is 0 Å². The number of ketones is 1. The van der Waals surface area contributed by atoms with E-state index in [0.717, 1.165) is 11.1 Å². The van der Waals surface area contributed by atoms with Crippen LogP contribution in [0.25, 0.3) is 0 Å². The predicted octanol–water partition coefficient (Wildman–Crippen LogP) is 3.91. The molecule has 23 heavy (non-hydrogen) atoms. The molecular weight excluding hydrogens is 290 g/mol. The maximum atomic E-state index is 12.3. The summed E-state index contributed by atoms with van der Waals surface area (Å²) in [4.78, 5) is 24.3. The van der Waals surface area contributed by atoms with Gasteiger partial charge >= 0.3 is 0 Å². The van der Waals surface area contributed by atoms with E-state index in [1.54, 1.807) is 19.2 Å². The first kappa shape index (κ1) is 16.7. The molecule has 1 amide bonds. The van der Waals surface area contributed by atoms with Gasteiger partial charge in [0, 0.05) is 18.4 Å². The zero-order valence-electron chi connectivity index (χ0n) is 13.7. The molecule has 0 aliphatic heterocycles. The Labute approximate surface area is 136 Å². The van der Waals surface area contributed by atoms with Crippen molar-refractivity contribution in [3.8, 4) is 5.75 Å². The van der Waals surface area contributed by atoms with Crippen molar-refractivity contribution in [3.63, 3.8) is 0 Å². The molecule has 2 aromatic rings. The Morgan fingerprint density at radius 3 is 2.52 bits per heavy atom. The third-order valence-corrected chi connectivity index (χ3v) is 3.65. The van der Waals surface area contributed by atoms with Gasteiger partial charge in [-0.05, 0) is 37.6 Å². The summed E-state index contributed by atoms with van der Waals surface area (Å²) in [5.41, 5.74) is 3.28. The number of hydrogen-bond acceptors (Lipinski definition) is 3. The molecule has 0 spiro atoms. The SMILES string of the molecule is COc1ccccc1NC(=O)CCC(=O)c1cc(C)ccc1C. The highest BCUT2D eigenvalue weighted by Gasteiger charge is 2.13. The van der Waals surface area contributed by atoms with Crippen LogP contribution >= 0.6 is 0 Å². The summed E-state index contributed by atoms with van der Waals surface area (Å²) >= 11 is 0. The second-order valence-electron chi connectivity index (χ2n) is 5.49. The minimum absolute atomic E-state index is 0.0126. The standard InChI is InChI=1S/C19H21NO3/c1-13-8-9-14(2)15(12-13)17(21)10-11-19(22)20-16-6-4-5-7-18(16)23-3/h4-9,12H,10-11H2,1-3H3,(H,20,22). The molecular formula is C19H21NO3. The number of amides is 1. The maximum Gasteiger partial charge on any atom is 0.224 e. The van der Waals surface area contributed by atoms with Gasteiger partial charge in [0.15, 0.2) is 5.78 Å². The van der Waals surface area contributed by atoms with Crippen molar-refractivity contribution < 1.29 is 14.3 Å². The molecule has 2 aromatic carbocycles. The molecule has 0 saturated carbocycles. The number of carbonyl (C=O) groups is 2. The van der Waals surface area contributed by atoms with Crippen LogP contribution in [-0.2, 0) is 4.79 Å². The first-order valence-corrected chi connectivity index (χ1v) is 7.54. The largest absolute Gasteiger partial charge is 0.495 e. The van der Waals surface area contributed by atoms with Gasteiger partial charge in [-0.2, -0.15) is 0 Å². The molecule has 4 nitrogen and oxygen atoms in total. The number of Topliss-reactive ketones (excluding diaryl/α,β-unsaturated/α-hetero) is 1. The van der Waals surface area contributed by atoms with E-state index in [1.807, 2.05) is 44.2 Å². The Balaban J connectivity index is 1.96. The normalized spacial score (nSPS) is 10.2. The quantitative estimate of drug-likeness (QED) is 0.823. The molecule has 0 aromatic heterocycles. The van der Waals surface area contributed by atoms with Crippen molar-refractivity contribution in [2.24, 2.45) is 0 Å². The molecule has 0 fully saturated rings. The fourth-order valence-electron chi connectivity index (χ4n) is 2.36. The van der Waals surface area contributed by atoms with Gasteiger partial charge in [0.2, 0.25) is 5.91 Å². The van der Waals surface area contributed by atoms with Crippen molar-refractivity contribution in [2.45, 2.75) is 26.7 Å². The van der Waals surface area contributed by atoms with Crippen LogP contribution in [-0.4, -0.2) is 18.8 Å². The monoisotopic (exact) mass is 311 g/mol. The zero-order valence-corrected chi connectivity index (χ0v) is 13.7. The second-order valence-corrected chi connectivity index (χ2v) is 5.49. The summed E-state index contributed by atoms with van der Waals surface area (Å²) in [6, 6.07) is 13.0. The van der Waals surface area contributed by atoms with E-state index >= 15 is 0 Å². The number of nitrogens with one attached hydrogen (secondary N) is 1. The van der Waals surface area contributed by atoms with E-state index in [0.29, 0.717) is 17.0 Å². The topological polar surface area (TPSA) is 55.4 Å². The van der Waals surface area contributed by atoms with Gasteiger partial charge in [-0.25, -0.2) is 0 Å². The van der Waals surface area contributed by atoms with E-state index in [2.05, 4.69) is 5.32 Å². The second kappa shape index (κ2) is 7.58.